The smallest absolute Gasteiger partial charge is 0.364 e. The first-order valence-corrected chi connectivity index (χ1v) is 17.6. The van der Waals surface area contributed by atoms with Crippen LogP contribution < -0.4 is 10.6 Å². The first-order chi connectivity index (χ1) is 26.2. The van der Waals surface area contributed by atoms with Gasteiger partial charge in [-0.2, -0.15) is 0 Å². The quantitative estimate of drug-likeness (QED) is 0.0773. The molecule has 4 saturated heterocycles. The van der Waals surface area contributed by atoms with E-state index in [0.717, 1.165) is 13.8 Å². The van der Waals surface area contributed by atoms with Crippen LogP contribution in [0.2, 0.25) is 0 Å². The Morgan fingerprint density at radius 1 is 0.750 bits per heavy atom. The minimum atomic E-state index is -3.12. The highest BCUT2D eigenvalue weighted by Gasteiger charge is 2.60. The maximum atomic E-state index is 12.9. The number of ether oxygens (including phenoxy) is 7. The maximum absolute atomic E-state index is 12.9. The highest BCUT2D eigenvalue weighted by Crippen LogP contribution is 2.39. The monoisotopic (exact) mass is 842 g/mol. The van der Waals surface area contributed by atoms with Gasteiger partial charge in [0.15, 0.2) is 18.9 Å². The second-order valence-electron chi connectivity index (χ2n) is 14.0. The fourth-order valence-corrected chi connectivity index (χ4v) is 6.99. The average molecular weight is 843 g/mol. The lowest BCUT2D eigenvalue weighted by atomic mass is 9.88. The molecule has 25 nitrogen and oxygen atoms in total. The topological polar surface area (TPSA) is 403 Å². The molecule has 0 aromatic rings. The van der Waals surface area contributed by atoms with E-state index in [4.69, 9.17) is 33.2 Å². The van der Waals surface area contributed by atoms with E-state index in [-0.39, 0.29) is 15.7 Å². The Morgan fingerprint density at radius 2 is 1.32 bits per heavy atom. The number of aliphatic hydroxyl groups is 12. The first-order valence-electron chi connectivity index (χ1n) is 17.6. The van der Waals surface area contributed by atoms with E-state index >= 15 is 0 Å². The minimum absolute atomic E-state index is 0. The third-order valence-corrected chi connectivity index (χ3v) is 9.94. The van der Waals surface area contributed by atoms with Crippen LogP contribution >= 0.6 is 0 Å². The molecule has 4 heterocycles. The van der Waals surface area contributed by atoms with Crippen LogP contribution in [0.1, 0.15) is 42.9 Å². The van der Waals surface area contributed by atoms with Gasteiger partial charge in [-0.15, -0.1) is 0 Å². The summed E-state index contributed by atoms with van der Waals surface area (Å²) in [6, 6.07) is -3.27. The molecule has 4 aliphatic heterocycles. The van der Waals surface area contributed by atoms with Crippen molar-refractivity contribution < 1.29 is 130 Å². The molecule has 0 aliphatic carbocycles. The fourth-order valence-electron chi connectivity index (χ4n) is 6.99. The number of aliphatic carboxylic acids is 1. The number of carboxylic acids is 1. The van der Waals surface area contributed by atoms with Gasteiger partial charge < -0.3 is 110 Å². The standard InChI is InChI=1S/C31H52N2O23.11H2/c1-8-17(41)20(44)21(45)28(50-8)53-23-14(7-36)51-27(47)16(33-10(3)38)25(23)54-29-22(46)26(19(43)13(6-35)52-29)56-31(30(48)49)4-11(39)15(32-9(2)37)24(55-31)18(42)12(40)5-34;;;;;;;;;;;/h8,11-29,34-36,39-47H,4-7H2,1-3H3,(H,32,37)(H,33,38)(H,48,49);11*1H/t8-,11-,12+,13+,14+,15+,16+,17+,18+,19-,20+,21-,22+,23+,24+,25+,26-,27?,28-,29-,31-;;;;;;;;;;;/m0.........../s1. The fraction of sp³-hybridized carbons (Fsp3) is 0.903. The van der Waals surface area contributed by atoms with Crippen molar-refractivity contribution in [2.24, 2.45) is 0 Å². The molecule has 15 N–H and O–H groups in total. The summed E-state index contributed by atoms with van der Waals surface area (Å²) in [5.41, 5.74) is 0. The van der Waals surface area contributed by atoms with E-state index in [2.05, 4.69) is 10.6 Å². The lowest BCUT2D eigenvalue weighted by Gasteiger charge is -2.51. The van der Waals surface area contributed by atoms with E-state index in [1.807, 2.05) is 0 Å². The number of carbonyl (C=O) groups is 3. The Kier molecular flexibility index (Phi) is 15.8. The molecule has 4 rings (SSSR count). The molecule has 2 amide bonds. The van der Waals surface area contributed by atoms with Crippen LogP contribution in [-0.2, 0) is 47.5 Å². The number of hydrogen-bond donors (Lipinski definition) is 15. The van der Waals surface area contributed by atoms with Crippen molar-refractivity contribution in [3.05, 3.63) is 0 Å². The van der Waals surface area contributed by atoms with Gasteiger partial charge in [-0.1, -0.05) is 0 Å². The first kappa shape index (κ1) is 46.3. The molecule has 0 saturated carbocycles. The van der Waals surface area contributed by atoms with Crippen molar-refractivity contribution >= 4 is 17.8 Å². The van der Waals surface area contributed by atoms with Crippen LogP contribution in [0.4, 0.5) is 0 Å². The zero-order valence-corrected chi connectivity index (χ0v) is 30.3. The lowest BCUT2D eigenvalue weighted by Crippen LogP contribution is -2.71. The van der Waals surface area contributed by atoms with Gasteiger partial charge in [0.05, 0.1) is 38.1 Å². The van der Waals surface area contributed by atoms with Crippen LogP contribution in [0.3, 0.4) is 0 Å². The molecule has 0 radical (unpaired) electrons. The van der Waals surface area contributed by atoms with Crippen molar-refractivity contribution in [3.8, 4) is 0 Å². The number of aliphatic hydroxyl groups excluding tert-OH is 12. The third-order valence-electron chi connectivity index (χ3n) is 9.94. The summed E-state index contributed by atoms with van der Waals surface area (Å²) >= 11 is 0. The van der Waals surface area contributed by atoms with Crippen molar-refractivity contribution in [2.45, 2.75) is 155 Å². The predicted molar refractivity (Wildman–Crippen MR) is 196 cm³/mol. The molecule has 4 fully saturated rings. The molecule has 0 aromatic carbocycles. The van der Waals surface area contributed by atoms with Gasteiger partial charge in [-0.05, 0) is 6.92 Å². The van der Waals surface area contributed by atoms with Crippen molar-refractivity contribution in [3.63, 3.8) is 0 Å². The van der Waals surface area contributed by atoms with Gasteiger partial charge in [0, 0.05) is 36.0 Å². The number of carboxylic acid groups (broad SMARTS) is 1. The largest absolute Gasteiger partial charge is 0.477 e. The van der Waals surface area contributed by atoms with Crippen molar-refractivity contribution in [1.82, 2.24) is 10.6 Å². The zero-order chi connectivity index (χ0) is 42.0. The highest BCUT2D eigenvalue weighted by molar-refractivity contribution is 5.76. The number of amides is 2. The van der Waals surface area contributed by atoms with Crippen molar-refractivity contribution in [1.29, 1.82) is 0 Å². The van der Waals surface area contributed by atoms with Crippen LogP contribution in [0.5, 0.6) is 0 Å². The molecule has 25 heteroatoms. The normalized spacial score (nSPS) is 45.7. The van der Waals surface area contributed by atoms with Gasteiger partial charge in [-0.25, -0.2) is 4.79 Å². The second-order valence-corrected chi connectivity index (χ2v) is 14.0. The molecule has 0 aromatic heterocycles. The van der Waals surface area contributed by atoms with Gasteiger partial charge in [-0.3, -0.25) is 9.59 Å². The maximum Gasteiger partial charge on any atom is 0.364 e. The Hall–Kier alpha value is -2.35. The summed E-state index contributed by atoms with van der Waals surface area (Å²) in [6.45, 7) is 0.296. The Balaban J connectivity index is -0.000000527. The summed E-state index contributed by atoms with van der Waals surface area (Å²) in [4.78, 5) is 37.0. The SMILES string of the molecule is CC(=O)N[C@H]1[C@H]([C@H](O)[C@H](O)CO)O[C@@](O[C@H]2[C@@H](O)[C@@H](CO)O[C@@H](O[C@H]3[C@H](O[C@@H]4O[C@@H](C)[C@@H](O)[C@@H](O)[C@@H]4O)[C@@H](CO)OC(O)[C@@H]3NC(C)=O)[C@@H]2O)(C(=O)O)C[C@@H]1O.[HH].[HH].[HH].[HH].[HH].[HH].[HH].[HH].[HH].[HH].[HH]. The Morgan fingerprint density at radius 3 is 1.88 bits per heavy atom. The molecular formula is C31H74N2O23. The zero-order valence-electron chi connectivity index (χ0n) is 30.3. The van der Waals surface area contributed by atoms with E-state index in [1.54, 1.807) is 0 Å². The number of rotatable bonds is 14. The van der Waals surface area contributed by atoms with E-state index < -0.39 is 172 Å². The van der Waals surface area contributed by atoms with Crippen LogP contribution in [0.25, 0.3) is 0 Å². The average Bonchev–Trinajstić information content (AvgIpc) is 3.14. The molecule has 1 unspecified atom stereocenters. The molecule has 0 bridgehead atoms. The third kappa shape index (κ3) is 9.74. The van der Waals surface area contributed by atoms with Gasteiger partial charge in [0.25, 0.3) is 5.79 Å². The molecule has 21 atom stereocenters. The van der Waals surface area contributed by atoms with E-state index in [1.165, 1.54) is 6.92 Å². The van der Waals surface area contributed by atoms with Crippen LogP contribution in [0, 0.1) is 0 Å². The van der Waals surface area contributed by atoms with E-state index in [9.17, 15) is 80.8 Å². The second kappa shape index (κ2) is 19.1. The highest BCUT2D eigenvalue weighted by atomic mass is 16.8. The molecule has 0 spiro atoms. The minimum Gasteiger partial charge on any atom is -0.477 e. The number of carbonyl (C=O) groups excluding carboxylic acids is 2. The number of nitrogens with one attached hydrogen (secondary N) is 2. The summed E-state index contributed by atoms with van der Waals surface area (Å²) in [5.74, 6) is -6.72. The molecule has 346 valence electrons. The number of hydrogen-bond acceptors (Lipinski definition) is 22. The molecule has 4 aliphatic rings. The predicted octanol–water partition coefficient (Wildman–Crippen LogP) is -6.52. The Labute approximate surface area is 334 Å². The van der Waals surface area contributed by atoms with Crippen molar-refractivity contribution in [2.75, 3.05) is 19.8 Å². The van der Waals surface area contributed by atoms with Crippen LogP contribution in [-0.4, -0.2) is 232 Å². The summed E-state index contributed by atoms with van der Waals surface area (Å²) in [6.07, 6.45) is -35.2. The molecule has 56 heavy (non-hydrogen) atoms. The van der Waals surface area contributed by atoms with Gasteiger partial charge in [0.1, 0.15) is 85.4 Å². The molecular weight excluding hydrogens is 768 g/mol. The summed E-state index contributed by atoms with van der Waals surface area (Å²) in [7, 11) is 0. The van der Waals surface area contributed by atoms with Gasteiger partial charge >= 0.3 is 5.97 Å². The van der Waals surface area contributed by atoms with E-state index in [0.29, 0.717) is 0 Å². The Bertz CT molecular complexity index is 1380. The van der Waals surface area contributed by atoms with Gasteiger partial charge in [0.2, 0.25) is 11.8 Å². The lowest BCUT2D eigenvalue weighted by molar-refractivity contribution is -0.389. The van der Waals surface area contributed by atoms with Crippen LogP contribution in [0.15, 0.2) is 0 Å². The summed E-state index contributed by atoms with van der Waals surface area (Å²) < 4.78 is 39.7. The summed E-state index contributed by atoms with van der Waals surface area (Å²) in [5, 5.41) is 142.